The van der Waals surface area contributed by atoms with Gasteiger partial charge in [0.05, 0.1) is 49.0 Å². The molecule has 0 spiro atoms. The summed E-state index contributed by atoms with van der Waals surface area (Å²) in [6, 6.07) is 13.1. The summed E-state index contributed by atoms with van der Waals surface area (Å²) in [5, 5.41) is 10.6. The Morgan fingerprint density at radius 3 is 2.70 bits per heavy atom. The fraction of sp³-hybridized carbons (Fsp3) is 0.192. The molecule has 0 fully saturated rings. The molecule has 0 atom stereocenters. The van der Waals surface area contributed by atoms with Gasteiger partial charge in [0.15, 0.2) is 17.1 Å². The van der Waals surface area contributed by atoms with Gasteiger partial charge in [0.1, 0.15) is 11.3 Å². The smallest absolute Gasteiger partial charge is 0.231 e. The molecule has 2 N–H and O–H groups in total. The number of fused-ring (bicyclic) bond motifs is 1. The summed E-state index contributed by atoms with van der Waals surface area (Å²) >= 11 is 0. The number of anilines is 4. The summed E-state index contributed by atoms with van der Waals surface area (Å²) in [6.45, 7) is 2.62. The quantitative estimate of drug-likeness (QED) is 0.258. The van der Waals surface area contributed by atoms with Gasteiger partial charge in [-0.05, 0) is 31.2 Å². The molecular formula is C26H25N7O4. The third-order valence-electron chi connectivity index (χ3n) is 5.58. The van der Waals surface area contributed by atoms with Crippen LogP contribution in [0.3, 0.4) is 0 Å². The number of nitrogens with one attached hydrogen (secondary N) is 2. The summed E-state index contributed by atoms with van der Waals surface area (Å²) in [5.41, 5.74) is 3.69. The molecule has 5 aromatic rings. The van der Waals surface area contributed by atoms with Crippen molar-refractivity contribution in [1.82, 2.24) is 24.7 Å². The second kappa shape index (κ2) is 10.5. The molecule has 37 heavy (non-hydrogen) atoms. The van der Waals surface area contributed by atoms with E-state index < -0.39 is 0 Å². The van der Waals surface area contributed by atoms with E-state index in [1.807, 2.05) is 48.7 Å². The number of hydrogen-bond acceptors (Lipinski definition) is 10. The average Bonchev–Trinajstić information content (AvgIpc) is 3.54. The highest BCUT2D eigenvalue weighted by Crippen LogP contribution is 2.38. The van der Waals surface area contributed by atoms with E-state index in [1.165, 1.54) is 13.1 Å². The zero-order valence-electron chi connectivity index (χ0n) is 20.6. The molecule has 0 aliphatic heterocycles. The van der Waals surface area contributed by atoms with Crippen molar-refractivity contribution in [1.29, 1.82) is 0 Å². The van der Waals surface area contributed by atoms with Gasteiger partial charge in [0, 0.05) is 19.5 Å². The highest BCUT2D eigenvalue weighted by atomic mass is 16.5. The Bertz CT molecular complexity index is 1530. The molecule has 2 aromatic carbocycles. The maximum atomic E-state index is 12.4. The second-order valence-corrected chi connectivity index (χ2v) is 8.12. The molecule has 0 bridgehead atoms. The predicted octanol–water partition coefficient (Wildman–Crippen LogP) is 4.83. The van der Waals surface area contributed by atoms with Crippen LogP contribution in [0.2, 0.25) is 0 Å². The molecule has 0 saturated heterocycles. The van der Waals surface area contributed by atoms with Crippen LogP contribution in [-0.2, 0) is 11.3 Å². The van der Waals surface area contributed by atoms with Gasteiger partial charge < -0.3 is 24.5 Å². The van der Waals surface area contributed by atoms with Crippen LogP contribution in [0.15, 0.2) is 65.5 Å². The second-order valence-electron chi connectivity index (χ2n) is 8.12. The van der Waals surface area contributed by atoms with Gasteiger partial charge in [-0.3, -0.25) is 9.48 Å². The van der Waals surface area contributed by atoms with E-state index in [9.17, 15) is 4.79 Å². The number of carbonyl (C=O) groups excluding carboxylic acids is 1. The van der Waals surface area contributed by atoms with E-state index >= 15 is 0 Å². The summed E-state index contributed by atoms with van der Waals surface area (Å²) in [5.74, 6) is 1.35. The van der Waals surface area contributed by atoms with Crippen LogP contribution in [0.5, 0.6) is 5.75 Å². The summed E-state index contributed by atoms with van der Waals surface area (Å²) in [6.07, 6.45) is 4.96. The van der Waals surface area contributed by atoms with E-state index in [1.54, 1.807) is 25.1 Å². The van der Waals surface area contributed by atoms with Crippen molar-refractivity contribution >= 4 is 40.0 Å². The Kier molecular flexibility index (Phi) is 6.77. The largest absolute Gasteiger partial charge is 0.494 e. The van der Waals surface area contributed by atoms with Gasteiger partial charge in [-0.1, -0.05) is 18.2 Å². The van der Waals surface area contributed by atoms with Gasteiger partial charge in [-0.15, -0.1) is 0 Å². The number of Topliss-reactive ketones (excluding diaryl/α,β-unsaturated/α-hetero) is 1. The van der Waals surface area contributed by atoms with Crippen LogP contribution >= 0.6 is 0 Å². The lowest BCUT2D eigenvalue weighted by molar-refractivity contribution is 0.101. The lowest BCUT2D eigenvalue weighted by Crippen LogP contribution is -2.08. The molecular weight excluding hydrogens is 474 g/mol. The highest BCUT2D eigenvalue weighted by molar-refractivity contribution is 5.99. The minimum Gasteiger partial charge on any atom is -0.494 e. The number of hydrogen-bond donors (Lipinski definition) is 2. The van der Waals surface area contributed by atoms with Crippen molar-refractivity contribution in [2.45, 2.75) is 13.5 Å². The maximum Gasteiger partial charge on any atom is 0.231 e. The van der Waals surface area contributed by atoms with Crippen LogP contribution < -0.4 is 15.4 Å². The van der Waals surface area contributed by atoms with E-state index in [2.05, 4.69) is 30.7 Å². The van der Waals surface area contributed by atoms with Crippen LogP contribution in [0.1, 0.15) is 17.3 Å². The van der Waals surface area contributed by atoms with Crippen molar-refractivity contribution in [2.24, 2.45) is 0 Å². The van der Waals surface area contributed by atoms with E-state index in [-0.39, 0.29) is 5.78 Å². The summed E-state index contributed by atoms with van der Waals surface area (Å²) in [4.78, 5) is 25.8. The third-order valence-corrected chi connectivity index (χ3v) is 5.58. The number of carbonyl (C=O) groups is 1. The molecule has 0 aliphatic carbocycles. The Balaban J connectivity index is 1.47. The number of ether oxygens (including phenoxy) is 2. The van der Waals surface area contributed by atoms with Gasteiger partial charge in [-0.25, -0.2) is 9.97 Å². The van der Waals surface area contributed by atoms with Crippen molar-refractivity contribution in [2.75, 3.05) is 31.5 Å². The summed E-state index contributed by atoms with van der Waals surface area (Å²) < 4.78 is 18.5. The molecule has 0 aliphatic rings. The average molecular weight is 500 g/mol. The molecule has 5 rings (SSSR count). The molecule has 0 amide bonds. The standard InChI is InChI=1S/C26H25N7O4/c1-16(34)19-14-27-26(29-17-13-28-33(15-17)11-12-35-2)32-24(19)30-21-9-6-7-18(23(21)36-3)25-31-20-8-4-5-10-22(20)37-25/h4-10,13-15H,11-12H2,1-3H3,(H2,27,29,30,32). The Morgan fingerprint density at radius 2 is 1.92 bits per heavy atom. The molecule has 188 valence electrons. The normalized spacial score (nSPS) is 11.0. The zero-order chi connectivity index (χ0) is 25.8. The first-order valence-corrected chi connectivity index (χ1v) is 11.5. The zero-order valence-corrected chi connectivity index (χ0v) is 20.6. The van der Waals surface area contributed by atoms with Crippen LogP contribution in [0.4, 0.5) is 23.1 Å². The van der Waals surface area contributed by atoms with Crippen molar-refractivity contribution in [3.63, 3.8) is 0 Å². The van der Waals surface area contributed by atoms with Gasteiger partial charge in [0.25, 0.3) is 0 Å². The molecule has 11 heteroatoms. The van der Waals surface area contributed by atoms with E-state index in [0.717, 1.165) is 5.52 Å². The van der Waals surface area contributed by atoms with Crippen molar-refractivity contribution in [3.8, 4) is 17.2 Å². The van der Waals surface area contributed by atoms with Crippen LogP contribution in [0.25, 0.3) is 22.6 Å². The topological polar surface area (TPSA) is 129 Å². The number of ketones is 1. The molecule has 3 aromatic heterocycles. The van der Waals surface area contributed by atoms with E-state index in [4.69, 9.17) is 13.9 Å². The molecule has 0 saturated carbocycles. The molecule has 11 nitrogen and oxygen atoms in total. The monoisotopic (exact) mass is 499 g/mol. The molecule has 0 radical (unpaired) electrons. The lowest BCUT2D eigenvalue weighted by atomic mass is 10.1. The lowest BCUT2D eigenvalue weighted by Gasteiger charge is -2.15. The molecule has 3 heterocycles. The first kappa shape index (κ1) is 23.9. The fourth-order valence-electron chi connectivity index (χ4n) is 3.80. The Labute approximate surface area is 212 Å². The SMILES string of the molecule is COCCn1cc(Nc2ncc(C(C)=O)c(Nc3cccc(-c4nc5ccccc5o4)c3OC)n2)cn1. The fourth-order valence-corrected chi connectivity index (χ4v) is 3.80. The predicted molar refractivity (Wildman–Crippen MR) is 139 cm³/mol. The number of benzene rings is 2. The number of methoxy groups -OCH3 is 2. The van der Waals surface area contributed by atoms with Crippen molar-refractivity contribution < 1.29 is 18.7 Å². The Morgan fingerprint density at radius 1 is 1.05 bits per heavy atom. The van der Waals surface area contributed by atoms with E-state index in [0.29, 0.717) is 64.6 Å². The minimum absolute atomic E-state index is 0.185. The number of aromatic nitrogens is 5. The minimum atomic E-state index is -0.185. The number of oxazole rings is 1. The molecule has 0 unspecified atom stereocenters. The first-order valence-electron chi connectivity index (χ1n) is 11.5. The number of nitrogens with zero attached hydrogens (tertiary/aromatic N) is 5. The van der Waals surface area contributed by atoms with Crippen LogP contribution in [-0.4, -0.2) is 51.3 Å². The Hall–Kier alpha value is -4.77. The summed E-state index contributed by atoms with van der Waals surface area (Å²) in [7, 11) is 3.20. The number of para-hydroxylation sites is 3. The van der Waals surface area contributed by atoms with Gasteiger partial charge in [0.2, 0.25) is 11.8 Å². The van der Waals surface area contributed by atoms with Crippen molar-refractivity contribution in [3.05, 3.63) is 66.6 Å². The number of rotatable bonds is 10. The third kappa shape index (κ3) is 5.11. The van der Waals surface area contributed by atoms with Gasteiger partial charge >= 0.3 is 0 Å². The highest BCUT2D eigenvalue weighted by Gasteiger charge is 2.19. The maximum absolute atomic E-state index is 12.4. The van der Waals surface area contributed by atoms with Gasteiger partial charge in [-0.2, -0.15) is 10.1 Å². The first-order chi connectivity index (χ1) is 18.1. The van der Waals surface area contributed by atoms with Crippen LogP contribution in [0, 0.1) is 0 Å².